The number of carbonyl (C=O) groups is 1. The number of benzene rings is 2. The molecule has 1 atom stereocenters. The van der Waals surface area contributed by atoms with Crippen LogP contribution in [0, 0.1) is 6.92 Å². The summed E-state index contributed by atoms with van der Waals surface area (Å²) in [6, 6.07) is 15.8. The number of nitrogens with two attached hydrogens (primary N) is 1. The van der Waals surface area contributed by atoms with Gasteiger partial charge in [-0.1, -0.05) is 36.4 Å². The van der Waals surface area contributed by atoms with Gasteiger partial charge in [0.05, 0.1) is 6.04 Å². The monoisotopic (exact) mass is 282 g/mol. The Kier molecular flexibility index (Phi) is 4.99. The predicted molar refractivity (Wildman–Crippen MR) is 86.9 cm³/mol. The van der Waals surface area contributed by atoms with Crippen LogP contribution in [-0.4, -0.2) is 5.91 Å². The fourth-order valence-electron chi connectivity index (χ4n) is 2.47. The molecule has 2 rings (SSSR count). The molecule has 21 heavy (non-hydrogen) atoms. The van der Waals surface area contributed by atoms with Crippen LogP contribution in [0.5, 0.6) is 0 Å². The normalized spacial score (nSPS) is 11.9. The van der Waals surface area contributed by atoms with Gasteiger partial charge in [0, 0.05) is 12.1 Å². The lowest BCUT2D eigenvalue weighted by Gasteiger charge is -2.16. The van der Waals surface area contributed by atoms with Crippen molar-refractivity contribution in [1.29, 1.82) is 0 Å². The molecule has 2 aromatic carbocycles. The zero-order valence-electron chi connectivity index (χ0n) is 12.6. The number of amides is 1. The summed E-state index contributed by atoms with van der Waals surface area (Å²) < 4.78 is 0. The smallest absolute Gasteiger partial charge is 0.220 e. The Labute approximate surface area is 126 Å². The second kappa shape index (κ2) is 6.93. The van der Waals surface area contributed by atoms with Crippen molar-refractivity contribution in [2.75, 3.05) is 5.73 Å². The average molecular weight is 282 g/mol. The second-order valence-corrected chi connectivity index (χ2v) is 5.39. The van der Waals surface area contributed by atoms with Gasteiger partial charge < -0.3 is 11.1 Å². The zero-order chi connectivity index (χ0) is 15.2. The lowest BCUT2D eigenvalue weighted by molar-refractivity contribution is -0.121. The van der Waals surface area contributed by atoms with E-state index >= 15 is 0 Å². The van der Waals surface area contributed by atoms with E-state index in [1.165, 1.54) is 5.56 Å². The van der Waals surface area contributed by atoms with Gasteiger partial charge in [0.25, 0.3) is 0 Å². The average Bonchev–Trinajstić information content (AvgIpc) is 2.45. The lowest BCUT2D eigenvalue weighted by Crippen LogP contribution is -2.27. The summed E-state index contributed by atoms with van der Waals surface area (Å²) in [6.07, 6.45) is 1.18. The molecule has 0 saturated carbocycles. The third kappa shape index (κ3) is 4.35. The van der Waals surface area contributed by atoms with E-state index in [4.69, 9.17) is 5.73 Å². The van der Waals surface area contributed by atoms with E-state index in [0.717, 1.165) is 16.8 Å². The first-order valence-corrected chi connectivity index (χ1v) is 7.25. The lowest BCUT2D eigenvalue weighted by atomic mass is 10.0. The van der Waals surface area contributed by atoms with Crippen LogP contribution >= 0.6 is 0 Å². The van der Waals surface area contributed by atoms with Gasteiger partial charge in [-0.05, 0) is 49.1 Å². The highest BCUT2D eigenvalue weighted by Crippen LogP contribution is 2.17. The fourth-order valence-corrected chi connectivity index (χ4v) is 2.47. The first kappa shape index (κ1) is 15.1. The van der Waals surface area contributed by atoms with Crippen LogP contribution in [0.4, 0.5) is 5.69 Å². The van der Waals surface area contributed by atoms with Crippen molar-refractivity contribution in [2.45, 2.75) is 32.7 Å². The predicted octanol–water partition coefficient (Wildman–Crippen LogP) is 3.39. The number of anilines is 1. The Bertz CT molecular complexity index is 622. The topological polar surface area (TPSA) is 55.1 Å². The molecule has 3 heteroatoms. The molecule has 0 heterocycles. The quantitative estimate of drug-likeness (QED) is 0.826. The van der Waals surface area contributed by atoms with Crippen molar-refractivity contribution in [3.8, 4) is 0 Å². The minimum Gasteiger partial charge on any atom is -0.399 e. The van der Waals surface area contributed by atoms with Crippen LogP contribution in [0.3, 0.4) is 0 Å². The number of nitrogens with one attached hydrogen (secondary N) is 1. The van der Waals surface area contributed by atoms with Gasteiger partial charge in [0.1, 0.15) is 0 Å². The highest BCUT2D eigenvalue weighted by atomic mass is 16.1. The Morgan fingerprint density at radius 3 is 2.67 bits per heavy atom. The molecular formula is C18H22N2O. The van der Waals surface area contributed by atoms with E-state index in [0.29, 0.717) is 12.8 Å². The van der Waals surface area contributed by atoms with E-state index in [9.17, 15) is 4.79 Å². The molecule has 0 aromatic heterocycles. The molecule has 2 aromatic rings. The minimum absolute atomic E-state index is 0.0274. The van der Waals surface area contributed by atoms with Crippen LogP contribution in [0.2, 0.25) is 0 Å². The summed E-state index contributed by atoms with van der Waals surface area (Å²) in [7, 11) is 0. The van der Waals surface area contributed by atoms with E-state index in [1.54, 1.807) is 0 Å². The van der Waals surface area contributed by atoms with Crippen LogP contribution in [0.25, 0.3) is 0 Å². The summed E-state index contributed by atoms with van der Waals surface area (Å²) in [5.41, 5.74) is 9.92. The molecule has 0 spiro atoms. The number of rotatable bonds is 5. The Hall–Kier alpha value is -2.29. The Morgan fingerprint density at radius 2 is 1.95 bits per heavy atom. The second-order valence-electron chi connectivity index (χ2n) is 5.39. The first-order valence-electron chi connectivity index (χ1n) is 7.25. The van der Waals surface area contributed by atoms with E-state index in [-0.39, 0.29) is 11.9 Å². The number of nitrogen functional groups attached to an aromatic ring is 1. The zero-order valence-corrected chi connectivity index (χ0v) is 12.6. The number of aryl methyl sites for hydroxylation is 2. The highest BCUT2D eigenvalue weighted by molar-refractivity contribution is 5.76. The summed E-state index contributed by atoms with van der Waals surface area (Å²) >= 11 is 0. The maximum absolute atomic E-state index is 12.1. The standard InChI is InChI=1S/C18H22N2O/c1-13-6-3-4-9-17(13)14(2)20-18(21)11-10-15-7-5-8-16(19)12-15/h3-9,12,14H,10-11,19H2,1-2H3,(H,20,21)/t14-/m1/s1. The highest BCUT2D eigenvalue weighted by Gasteiger charge is 2.11. The number of carbonyl (C=O) groups excluding carboxylic acids is 1. The van der Waals surface area contributed by atoms with E-state index < -0.39 is 0 Å². The largest absolute Gasteiger partial charge is 0.399 e. The fraction of sp³-hybridized carbons (Fsp3) is 0.278. The van der Waals surface area contributed by atoms with Gasteiger partial charge in [0.15, 0.2) is 0 Å². The summed E-state index contributed by atoms with van der Waals surface area (Å²) in [4.78, 5) is 12.1. The Balaban J connectivity index is 1.89. The molecule has 0 aliphatic carbocycles. The van der Waals surface area contributed by atoms with E-state index in [2.05, 4.69) is 24.4 Å². The van der Waals surface area contributed by atoms with Gasteiger partial charge in [0.2, 0.25) is 5.91 Å². The molecule has 0 unspecified atom stereocenters. The molecule has 0 aliphatic rings. The molecule has 0 bridgehead atoms. The van der Waals surface area contributed by atoms with Crippen molar-refractivity contribution in [3.05, 3.63) is 65.2 Å². The van der Waals surface area contributed by atoms with Gasteiger partial charge in [-0.2, -0.15) is 0 Å². The summed E-state index contributed by atoms with van der Waals surface area (Å²) in [6.45, 7) is 4.07. The number of hydrogen-bond acceptors (Lipinski definition) is 2. The van der Waals surface area contributed by atoms with Crippen molar-refractivity contribution in [3.63, 3.8) is 0 Å². The van der Waals surface area contributed by atoms with Crippen LogP contribution in [0.15, 0.2) is 48.5 Å². The van der Waals surface area contributed by atoms with Gasteiger partial charge in [-0.25, -0.2) is 0 Å². The summed E-state index contributed by atoms with van der Waals surface area (Å²) in [5.74, 6) is 0.0631. The molecule has 3 N–H and O–H groups in total. The van der Waals surface area contributed by atoms with E-state index in [1.807, 2.05) is 43.3 Å². The minimum atomic E-state index is 0.0274. The van der Waals surface area contributed by atoms with Crippen LogP contribution < -0.4 is 11.1 Å². The first-order chi connectivity index (χ1) is 10.1. The molecule has 110 valence electrons. The maximum Gasteiger partial charge on any atom is 0.220 e. The SMILES string of the molecule is Cc1ccccc1[C@@H](C)NC(=O)CCc1cccc(N)c1. The van der Waals surface area contributed by atoms with Gasteiger partial charge >= 0.3 is 0 Å². The van der Waals surface area contributed by atoms with Crippen LogP contribution in [0.1, 0.15) is 36.1 Å². The molecule has 3 nitrogen and oxygen atoms in total. The Morgan fingerprint density at radius 1 is 1.19 bits per heavy atom. The third-order valence-corrected chi connectivity index (χ3v) is 3.62. The molecule has 0 fully saturated rings. The van der Waals surface area contributed by atoms with Crippen LogP contribution in [-0.2, 0) is 11.2 Å². The van der Waals surface area contributed by atoms with Crippen molar-refractivity contribution >= 4 is 11.6 Å². The molecule has 0 aliphatic heterocycles. The third-order valence-electron chi connectivity index (χ3n) is 3.62. The molecule has 1 amide bonds. The van der Waals surface area contributed by atoms with Crippen molar-refractivity contribution < 1.29 is 4.79 Å². The van der Waals surface area contributed by atoms with Gasteiger partial charge in [-0.3, -0.25) is 4.79 Å². The van der Waals surface area contributed by atoms with Crippen molar-refractivity contribution in [2.24, 2.45) is 0 Å². The molecule has 0 saturated heterocycles. The van der Waals surface area contributed by atoms with Gasteiger partial charge in [-0.15, -0.1) is 0 Å². The summed E-state index contributed by atoms with van der Waals surface area (Å²) in [5, 5.41) is 3.05. The molecular weight excluding hydrogens is 260 g/mol. The maximum atomic E-state index is 12.1. The van der Waals surface area contributed by atoms with Crippen molar-refractivity contribution in [1.82, 2.24) is 5.32 Å². The number of hydrogen-bond donors (Lipinski definition) is 2. The molecule has 0 radical (unpaired) electrons.